The molecule has 1 aliphatic rings. The maximum absolute atomic E-state index is 12.1. The number of rotatable bonds is 5. The number of carbonyl (C=O) groups is 1. The summed E-state index contributed by atoms with van der Waals surface area (Å²) in [6, 6.07) is 0. The van der Waals surface area contributed by atoms with E-state index in [-0.39, 0.29) is 5.54 Å². The standard InChI is InChI=1S/C12H24N2O/c1-4-5-6-11(15)12(2,3)14-9-7-13-8-10-14/h13H,4-10H2,1-3H3. The molecule has 15 heavy (non-hydrogen) atoms. The first-order valence-electron chi connectivity index (χ1n) is 6.08. The number of Topliss-reactive ketones (excluding diaryl/α,β-unsaturated/α-hetero) is 1. The average molecular weight is 212 g/mol. The highest BCUT2D eigenvalue weighted by Crippen LogP contribution is 2.19. The summed E-state index contributed by atoms with van der Waals surface area (Å²) in [4.78, 5) is 14.4. The number of unbranched alkanes of at least 4 members (excludes halogenated alkanes) is 1. The Labute approximate surface area is 93.2 Å². The van der Waals surface area contributed by atoms with Crippen molar-refractivity contribution in [2.45, 2.75) is 45.6 Å². The van der Waals surface area contributed by atoms with Gasteiger partial charge in [-0.3, -0.25) is 9.69 Å². The molecular formula is C12H24N2O. The monoisotopic (exact) mass is 212 g/mol. The first-order chi connectivity index (χ1) is 7.09. The van der Waals surface area contributed by atoms with Crippen LogP contribution in [0, 0.1) is 0 Å². The van der Waals surface area contributed by atoms with Crippen molar-refractivity contribution < 1.29 is 4.79 Å². The second kappa shape index (κ2) is 5.61. The van der Waals surface area contributed by atoms with Gasteiger partial charge in [0, 0.05) is 32.6 Å². The van der Waals surface area contributed by atoms with Gasteiger partial charge in [0.25, 0.3) is 0 Å². The Morgan fingerprint density at radius 3 is 2.47 bits per heavy atom. The van der Waals surface area contributed by atoms with E-state index in [2.05, 4.69) is 31.0 Å². The molecule has 88 valence electrons. The van der Waals surface area contributed by atoms with Crippen LogP contribution in [0.4, 0.5) is 0 Å². The molecule has 0 aromatic heterocycles. The minimum Gasteiger partial charge on any atom is -0.314 e. The minimum absolute atomic E-state index is 0.267. The summed E-state index contributed by atoms with van der Waals surface area (Å²) in [6.45, 7) is 10.3. The van der Waals surface area contributed by atoms with Gasteiger partial charge in [0.2, 0.25) is 0 Å². The molecule has 0 radical (unpaired) electrons. The molecule has 1 saturated heterocycles. The van der Waals surface area contributed by atoms with Crippen molar-refractivity contribution in [1.82, 2.24) is 10.2 Å². The second-order valence-corrected chi connectivity index (χ2v) is 4.82. The lowest BCUT2D eigenvalue weighted by Gasteiger charge is -2.40. The number of nitrogens with one attached hydrogen (secondary N) is 1. The van der Waals surface area contributed by atoms with Crippen LogP contribution in [-0.4, -0.2) is 42.4 Å². The van der Waals surface area contributed by atoms with E-state index in [4.69, 9.17) is 0 Å². The number of nitrogens with zero attached hydrogens (tertiary/aromatic N) is 1. The fraction of sp³-hybridized carbons (Fsp3) is 0.917. The van der Waals surface area contributed by atoms with Crippen molar-refractivity contribution in [2.24, 2.45) is 0 Å². The molecule has 0 unspecified atom stereocenters. The van der Waals surface area contributed by atoms with E-state index in [0.717, 1.165) is 45.4 Å². The summed E-state index contributed by atoms with van der Waals surface area (Å²) in [5.41, 5.74) is -0.267. The van der Waals surface area contributed by atoms with Crippen molar-refractivity contribution >= 4 is 5.78 Å². The van der Waals surface area contributed by atoms with Gasteiger partial charge in [0.1, 0.15) is 0 Å². The molecule has 0 aliphatic carbocycles. The molecule has 0 amide bonds. The molecule has 0 saturated carbocycles. The van der Waals surface area contributed by atoms with Crippen molar-refractivity contribution in [3.8, 4) is 0 Å². The summed E-state index contributed by atoms with van der Waals surface area (Å²) in [5.74, 6) is 0.395. The molecule has 1 heterocycles. The lowest BCUT2D eigenvalue weighted by molar-refractivity contribution is -0.130. The Kier molecular flexibility index (Phi) is 4.74. The highest BCUT2D eigenvalue weighted by molar-refractivity contribution is 5.87. The Morgan fingerprint density at radius 2 is 1.93 bits per heavy atom. The van der Waals surface area contributed by atoms with Gasteiger partial charge in [-0.25, -0.2) is 0 Å². The summed E-state index contributed by atoms with van der Waals surface area (Å²) in [6.07, 6.45) is 2.85. The van der Waals surface area contributed by atoms with Crippen LogP contribution in [0.1, 0.15) is 40.0 Å². The van der Waals surface area contributed by atoms with E-state index >= 15 is 0 Å². The van der Waals surface area contributed by atoms with Crippen molar-refractivity contribution in [1.29, 1.82) is 0 Å². The van der Waals surface area contributed by atoms with Crippen LogP contribution in [0.25, 0.3) is 0 Å². The van der Waals surface area contributed by atoms with Crippen LogP contribution in [0.5, 0.6) is 0 Å². The summed E-state index contributed by atoms with van der Waals surface area (Å²) < 4.78 is 0. The predicted molar refractivity (Wildman–Crippen MR) is 63.1 cm³/mol. The fourth-order valence-corrected chi connectivity index (χ4v) is 2.04. The number of hydrogen-bond donors (Lipinski definition) is 1. The predicted octanol–water partition coefficient (Wildman–Crippen LogP) is 1.43. The molecule has 0 atom stereocenters. The Hall–Kier alpha value is -0.410. The van der Waals surface area contributed by atoms with Gasteiger partial charge in [0.15, 0.2) is 5.78 Å². The van der Waals surface area contributed by atoms with Gasteiger partial charge in [-0.05, 0) is 20.3 Å². The van der Waals surface area contributed by atoms with Crippen LogP contribution < -0.4 is 5.32 Å². The molecule has 1 rings (SSSR count). The Bertz CT molecular complexity index is 208. The van der Waals surface area contributed by atoms with Gasteiger partial charge < -0.3 is 5.32 Å². The molecule has 1 fully saturated rings. The van der Waals surface area contributed by atoms with Crippen LogP contribution in [0.3, 0.4) is 0 Å². The van der Waals surface area contributed by atoms with E-state index in [1.54, 1.807) is 0 Å². The number of piperazine rings is 1. The molecule has 3 nitrogen and oxygen atoms in total. The maximum Gasteiger partial charge on any atom is 0.152 e. The van der Waals surface area contributed by atoms with Gasteiger partial charge in [-0.1, -0.05) is 13.3 Å². The molecule has 0 aromatic rings. The highest BCUT2D eigenvalue weighted by Gasteiger charge is 2.33. The SMILES string of the molecule is CCCCC(=O)C(C)(C)N1CCNCC1. The van der Waals surface area contributed by atoms with Gasteiger partial charge in [-0.15, -0.1) is 0 Å². The maximum atomic E-state index is 12.1. The zero-order chi connectivity index (χ0) is 11.3. The number of ketones is 1. The normalized spacial score (nSPS) is 19.1. The highest BCUT2D eigenvalue weighted by atomic mass is 16.1. The van der Waals surface area contributed by atoms with Gasteiger partial charge in [-0.2, -0.15) is 0 Å². The summed E-state index contributed by atoms with van der Waals surface area (Å²) in [7, 11) is 0. The largest absolute Gasteiger partial charge is 0.314 e. The van der Waals surface area contributed by atoms with Crippen LogP contribution in [-0.2, 0) is 4.79 Å². The van der Waals surface area contributed by atoms with E-state index in [0.29, 0.717) is 5.78 Å². The van der Waals surface area contributed by atoms with Gasteiger partial charge in [0.05, 0.1) is 5.54 Å². The zero-order valence-corrected chi connectivity index (χ0v) is 10.3. The first-order valence-corrected chi connectivity index (χ1v) is 6.08. The molecule has 0 bridgehead atoms. The molecule has 3 heteroatoms. The van der Waals surface area contributed by atoms with Crippen molar-refractivity contribution in [3.05, 3.63) is 0 Å². The molecule has 0 spiro atoms. The number of carbonyl (C=O) groups excluding carboxylic acids is 1. The smallest absolute Gasteiger partial charge is 0.152 e. The lowest BCUT2D eigenvalue weighted by atomic mass is 9.92. The molecular weight excluding hydrogens is 188 g/mol. The van der Waals surface area contributed by atoms with Gasteiger partial charge >= 0.3 is 0 Å². The molecule has 1 aliphatic heterocycles. The third kappa shape index (κ3) is 3.28. The molecule has 0 aromatic carbocycles. The van der Waals surface area contributed by atoms with Crippen LogP contribution in [0.15, 0.2) is 0 Å². The Morgan fingerprint density at radius 1 is 1.33 bits per heavy atom. The number of hydrogen-bond acceptors (Lipinski definition) is 3. The van der Waals surface area contributed by atoms with E-state index in [1.807, 2.05) is 0 Å². The van der Waals surface area contributed by atoms with Crippen LogP contribution in [0.2, 0.25) is 0 Å². The summed E-state index contributed by atoms with van der Waals surface area (Å²) in [5, 5.41) is 3.32. The Balaban J connectivity index is 2.51. The quantitative estimate of drug-likeness (QED) is 0.748. The van der Waals surface area contributed by atoms with Crippen molar-refractivity contribution in [3.63, 3.8) is 0 Å². The topological polar surface area (TPSA) is 32.3 Å². The lowest BCUT2D eigenvalue weighted by Crippen LogP contribution is -2.57. The third-order valence-electron chi connectivity index (χ3n) is 3.35. The van der Waals surface area contributed by atoms with Crippen molar-refractivity contribution in [2.75, 3.05) is 26.2 Å². The van der Waals surface area contributed by atoms with E-state index < -0.39 is 0 Å². The van der Waals surface area contributed by atoms with E-state index in [9.17, 15) is 4.79 Å². The average Bonchev–Trinajstić information content (AvgIpc) is 2.27. The minimum atomic E-state index is -0.267. The zero-order valence-electron chi connectivity index (χ0n) is 10.3. The fourth-order valence-electron chi connectivity index (χ4n) is 2.04. The molecule has 1 N–H and O–H groups in total. The van der Waals surface area contributed by atoms with Crippen LogP contribution >= 0.6 is 0 Å². The summed E-state index contributed by atoms with van der Waals surface area (Å²) >= 11 is 0. The third-order valence-corrected chi connectivity index (χ3v) is 3.35. The van der Waals surface area contributed by atoms with E-state index in [1.165, 1.54) is 0 Å². The second-order valence-electron chi connectivity index (χ2n) is 4.82. The first kappa shape index (κ1) is 12.7.